The molecule has 41 heavy (non-hydrogen) atoms. The maximum absolute atomic E-state index is 13.2. The molecule has 0 radical (unpaired) electrons. The molecule has 1 amide bonds. The highest BCUT2D eigenvalue weighted by Crippen LogP contribution is 2.33. The smallest absolute Gasteiger partial charge is 0.416 e. The van der Waals surface area contributed by atoms with Crippen LogP contribution in [0.3, 0.4) is 0 Å². The molecule has 0 saturated heterocycles. The van der Waals surface area contributed by atoms with Crippen LogP contribution in [0.5, 0.6) is 5.75 Å². The van der Waals surface area contributed by atoms with Gasteiger partial charge in [-0.2, -0.15) is 13.2 Å². The van der Waals surface area contributed by atoms with Crippen LogP contribution in [0.2, 0.25) is 0 Å². The molecular weight excluding hydrogens is 541 g/mol. The molecule has 0 aliphatic rings. The largest absolute Gasteiger partial charge is 0.507 e. The number of nitro benzene ring substituents is 1. The number of hydrogen-bond donors (Lipinski definition) is 2. The summed E-state index contributed by atoms with van der Waals surface area (Å²) < 4.78 is 43.6. The zero-order valence-corrected chi connectivity index (χ0v) is 21.5. The van der Waals surface area contributed by atoms with Gasteiger partial charge >= 0.3 is 12.1 Å². The third kappa shape index (κ3) is 6.88. The Morgan fingerprint density at radius 1 is 0.878 bits per heavy atom. The first-order valence-electron chi connectivity index (χ1n) is 12.2. The van der Waals surface area contributed by atoms with E-state index in [2.05, 4.69) is 5.32 Å². The summed E-state index contributed by atoms with van der Waals surface area (Å²) >= 11 is 0. The summed E-state index contributed by atoms with van der Waals surface area (Å²) in [5.74, 6) is -1.68. The fourth-order valence-electron chi connectivity index (χ4n) is 4.17. The molecule has 0 saturated carbocycles. The topological polar surface area (TPSA) is 119 Å². The number of nitro groups is 1. The van der Waals surface area contributed by atoms with Crippen molar-refractivity contribution in [3.8, 4) is 28.0 Å². The summed E-state index contributed by atoms with van der Waals surface area (Å²) in [5, 5.41) is 24.0. The number of phenols is 1. The van der Waals surface area contributed by atoms with Crippen LogP contribution in [0.1, 0.15) is 33.9 Å². The molecular formula is C30H23F3N2O6. The number of phenolic OH excluding ortho intramolecular Hbond substituents is 1. The minimum atomic E-state index is -4.49. The SMILES string of the molecule is COC(=O)CC(NC(=O)c1cc(-c2ccc(C(F)(F)F)cc2)ccc1O)c1ccc(-c2ccc([N+](=O)[O-])cc2)cc1. The van der Waals surface area contributed by atoms with Crippen LogP contribution >= 0.6 is 0 Å². The number of carbonyl (C=O) groups excluding carboxylic acids is 2. The molecule has 1 unspecified atom stereocenters. The van der Waals surface area contributed by atoms with Crippen LogP contribution < -0.4 is 5.32 Å². The number of benzene rings is 4. The Hall–Kier alpha value is -5.19. The molecule has 0 aliphatic heterocycles. The second kappa shape index (κ2) is 11.9. The van der Waals surface area contributed by atoms with Crippen molar-refractivity contribution in [1.82, 2.24) is 5.32 Å². The van der Waals surface area contributed by atoms with Crippen LogP contribution in [0, 0.1) is 10.1 Å². The van der Waals surface area contributed by atoms with Crippen LogP contribution in [-0.4, -0.2) is 29.0 Å². The van der Waals surface area contributed by atoms with Gasteiger partial charge in [-0.1, -0.05) is 42.5 Å². The van der Waals surface area contributed by atoms with E-state index >= 15 is 0 Å². The Balaban J connectivity index is 1.58. The minimum absolute atomic E-state index is 0.0446. The van der Waals surface area contributed by atoms with Crippen molar-refractivity contribution in [3.63, 3.8) is 0 Å². The predicted octanol–water partition coefficient (Wildman–Crippen LogP) is 6.69. The molecule has 4 rings (SSSR count). The molecule has 210 valence electrons. The van der Waals surface area contributed by atoms with Gasteiger partial charge < -0.3 is 15.2 Å². The average molecular weight is 565 g/mol. The molecule has 0 spiro atoms. The fraction of sp³-hybridized carbons (Fsp3) is 0.133. The van der Waals surface area contributed by atoms with E-state index in [4.69, 9.17) is 4.74 Å². The summed E-state index contributed by atoms with van der Waals surface area (Å²) in [7, 11) is 1.21. The van der Waals surface area contributed by atoms with Gasteiger partial charge in [-0.15, -0.1) is 0 Å². The summed E-state index contributed by atoms with van der Waals surface area (Å²) in [6.07, 6.45) is -4.72. The highest BCUT2D eigenvalue weighted by molar-refractivity contribution is 5.98. The number of rotatable bonds is 8. The zero-order valence-electron chi connectivity index (χ0n) is 21.5. The third-order valence-electron chi connectivity index (χ3n) is 6.42. The van der Waals surface area contributed by atoms with Gasteiger partial charge in [0.15, 0.2) is 0 Å². The fourth-order valence-corrected chi connectivity index (χ4v) is 4.17. The Morgan fingerprint density at radius 2 is 1.39 bits per heavy atom. The highest BCUT2D eigenvalue weighted by Gasteiger charge is 2.30. The van der Waals surface area contributed by atoms with Gasteiger partial charge in [0.05, 0.1) is 35.6 Å². The molecule has 11 heteroatoms. The normalized spacial score (nSPS) is 11.9. The van der Waals surface area contributed by atoms with Gasteiger partial charge in [0.1, 0.15) is 5.75 Å². The number of methoxy groups -OCH3 is 1. The minimum Gasteiger partial charge on any atom is -0.507 e. The third-order valence-corrected chi connectivity index (χ3v) is 6.42. The lowest BCUT2D eigenvalue weighted by atomic mass is 9.98. The van der Waals surface area contributed by atoms with Crippen LogP contribution in [0.4, 0.5) is 18.9 Å². The highest BCUT2D eigenvalue weighted by atomic mass is 19.4. The standard InChI is InChI=1S/C30H23F3N2O6/c1-41-28(37)17-26(21-4-2-18(3-5-21)19-8-13-24(14-9-19)35(39)40)34-29(38)25-16-22(10-15-27(25)36)20-6-11-23(12-7-20)30(31,32)33/h2-16,26,36H,17H2,1H3,(H,34,38). The first kappa shape index (κ1) is 28.8. The first-order valence-corrected chi connectivity index (χ1v) is 12.2. The maximum atomic E-state index is 13.2. The van der Waals surface area contributed by atoms with E-state index < -0.39 is 34.6 Å². The molecule has 0 aliphatic carbocycles. The maximum Gasteiger partial charge on any atom is 0.416 e. The summed E-state index contributed by atoms with van der Waals surface area (Å²) in [6.45, 7) is 0. The molecule has 8 nitrogen and oxygen atoms in total. The van der Waals surface area contributed by atoms with E-state index in [1.165, 1.54) is 49.6 Å². The summed E-state index contributed by atoms with van der Waals surface area (Å²) in [6, 6.07) is 20.4. The van der Waals surface area contributed by atoms with Gasteiger partial charge in [-0.3, -0.25) is 19.7 Å². The molecule has 0 bridgehead atoms. The number of alkyl halides is 3. The molecule has 0 aromatic heterocycles. The quantitative estimate of drug-likeness (QED) is 0.140. The number of nitrogens with one attached hydrogen (secondary N) is 1. The van der Waals surface area contributed by atoms with Crippen LogP contribution in [-0.2, 0) is 15.7 Å². The monoisotopic (exact) mass is 564 g/mol. The number of nitrogens with zero attached hydrogens (tertiary/aromatic N) is 1. The second-order valence-electron chi connectivity index (χ2n) is 9.04. The van der Waals surface area contributed by atoms with Crippen molar-refractivity contribution in [3.05, 3.63) is 118 Å². The van der Waals surface area contributed by atoms with Gasteiger partial charge in [-0.05, 0) is 64.2 Å². The first-order chi connectivity index (χ1) is 19.5. The van der Waals surface area contributed by atoms with Gasteiger partial charge in [0.2, 0.25) is 0 Å². The van der Waals surface area contributed by atoms with E-state index in [9.17, 15) is 38.0 Å². The Morgan fingerprint density at radius 3 is 1.93 bits per heavy atom. The lowest BCUT2D eigenvalue weighted by Crippen LogP contribution is -2.30. The molecule has 2 N–H and O–H groups in total. The van der Waals surface area contributed by atoms with E-state index in [0.717, 1.165) is 23.3 Å². The second-order valence-corrected chi connectivity index (χ2v) is 9.04. The molecule has 0 fully saturated rings. The molecule has 1 atom stereocenters. The number of non-ortho nitro benzene ring substituents is 1. The number of amides is 1. The summed E-state index contributed by atoms with van der Waals surface area (Å²) in [5.41, 5.74) is 1.82. The lowest BCUT2D eigenvalue weighted by molar-refractivity contribution is -0.384. The van der Waals surface area contributed by atoms with Crippen molar-refractivity contribution in [2.75, 3.05) is 7.11 Å². The number of carbonyl (C=O) groups is 2. The van der Waals surface area contributed by atoms with Crippen molar-refractivity contribution >= 4 is 17.6 Å². The van der Waals surface area contributed by atoms with Crippen molar-refractivity contribution < 1.29 is 37.5 Å². The lowest BCUT2D eigenvalue weighted by Gasteiger charge is -2.19. The number of ether oxygens (including phenoxy) is 1. The van der Waals surface area contributed by atoms with Crippen molar-refractivity contribution in [2.24, 2.45) is 0 Å². The Kier molecular flexibility index (Phi) is 8.37. The van der Waals surface area contributed by atoms with E-state index in [1.807, 2.05) is 0 Å². The van der Waals surface area contributed by atoms with Gasteiger partial charge in [0.25, 0.3) is 11.6 Å². The Labute approximate surface area is 232 Å². The summed E-state index contributed by atoms with van der Waals surface area (Å²) in [4.78, 5) is 35.8. The van der Waals surface area contributed by atoms with Gasteiger partial charge in [-0.25, -0.2) is 0 Å². The zero-order chi connectivity index (χ0) is 29.7. The molecule has 0 heterocycles. The van der Waals surface area contributed by atoms with Gasteiger partial charge in [0, 0.05) is 12.1 Å². The van der Waals surface area contributed by atoms with E-state index in [0.29, 0.717) is 16.7 Å². The van der Waals surface area contributed by atoms with Crippen molar-refractivity contribution in [2.45, 2.75) is 18.6 Å². The van der Waals surface area contributed by atoms with E-state index in [1.54, 1.807) is 36.4 Å². The number of halogens is 3. The number of esters is 1. The van der Waals surface area contributed by atoms with E-state index in [-0.39, 0.29) is 23.4 Å². The predicted molar refractivity (Wildman–Crippen MR) is 144 cm³/mol. The average Bonchev–Trinajstić information content (AvgIpc) is 2.96. The van der Waals surface area contributed by atoms with Crippen LogP contribution in [0.25, 0.3) is 22.3 Å². The van der Waals surface area contributed by atoms with Crippen molar-refractivity contribution in [1.29, 1.82) is 0 Å². The molecule has 4 aromatic rings. The Bertz CT molecular complexity index is 1570. The number of aromatic hydroxyl groups is 1. The molecule has 4 aromatic carbocycles. The van der Waals surface area contributed by atoms with Crippen LogP contribution in [0.15, 0.2) is 91.0 Å². The number of hydrogen-bond acceptors (Lipinski definition) is 6.